The second kappa shape index (κ2) is 13.9. The molecule has 8 heteroatoms. The molecule has 0 heterocycles. The summed E-state index contributed by atoms with van der Waals surface area (Å²) < 4.78 is 45.8. The van der Waals surface area contributed by atoms with Gasteiger partial charge in [0.1, 0.15) is 6.61 Å². The highest BCUT2D eigenvalue weighted by atomic mass is 127. The van der Waals surface area contributed by atoms with Crippen LogP contribution in [0.1, 0.15) is 59.8 Å². The SMILES string of the molecule is CCCC(I)COC(C)=O.CCCCC(OC(C)=O)C(F)(F)F. The second-order valence-corrected chi connectivity index (χ2v) is 6.73. The number of esters is 2. The third kappa shape index (κ3) is 17.6. The number of alkyl halides is 4. The van der Waals surface area contributed by atoms with Gasteiger partial charge in [0.05, 0.1) is 0 Å². The molecule has 0 aliphatic carbocycles. The fourth-order valence-corrected chi connectivity index (χ4v) is 2.29. The number of carbonyl (C=O) groups is 2. The highest BCUT2D eigenvalue weighted by Crippen LogP contribution is 2.26. The van der Waals surface area contributed by atoms with Crippen molar-refractivity contribution in [1.82, 2.24) is 0 Å². The normalized spacial score (nSPS) is 13.4. The molecule has 0 aromatic heterocycles. The van der Waals surface area contributed by atoms with Gasteiger partial charge in [0.25, 0.3) is 0 Å². The van der Waals surface area contributed by atoms with Crippen molar-refractivity contribution in [2.45, 2.75) is 76.0 Å². The van der Waals surface area contributed by atoms with E-state index in [1.165, 1.54) is 6.92 Å². The molecule has 0 saturated heterocycles. The molecule has 138 valence electrons. The zero-order valence-electron chi connectivity index (χ0n) is 14.0. The molecule has 0 aromatic carbocycles. The van der Waals surface area contributed by atoms with Crippen LogP contribution < -0.4 is 0 Å². The van der Waals surface area contributed by atoms with Crippen molar-refractivity contribution in [3.8, 4) is 0 Å². The smallest absolute Gasteiger partial charge is 0.425 e. The highest BCUT2D eigenvalue weighted by Gasteiger charge is 2.41. The number of unbranched alkanes of at least 4 members (excludes halogenated alkanes) is 1. The first kappa shape index (κ1) is 24.7. The quantitative estimate of drug-likeness (QED) is 0.300. The Morgan fingerprint density at radius 1 is 1.04 bits per heavy atom. The van der Waals surface area contributed by atoms with Crippen molar-refractivity contribution in [3.63, 3.8) is 0 Å². The number of carbonyl (C=O) groups excluding carboxylic acids is 2. The van der Waals surface area contributed by atoms with Crippen LogP contribution in [0.15, 0.2) is 0 Å². The number of rotatable bonds is 8. The second-order valence-electron chi connectivity index (χ2n) is 4.97. The Morgan fingerprint density at radius 3 is 1.96 bits per heavy atom. The molecule has 0 N–H and O–H groups in total. The van der Waals surface area contributed by atoms with Crippen LogP contribution in [0.4, 0.5) is 13.2 Å². The maximum Gasteiger partial charge on any atom is 0.425 e. The molecule has 0 aromatic rings. The fourth-order valence-electron chi connectivity index (χ4n) is 1.48. The highest BCUT2D eigenvalue weighted by molar-refractivity contribution is 14.1. The van der Waals surface area contributed by atoms with Crippen LogP contribution >= 0.6 is 22.6 Å². The maximum atomic E-state index is 12.1. The minimum Gasteiger partial charge on any atom is -0.465 e. The minimum atomic E-state index is -4.44. The van der Waals surface area contributed by atoms with Crippen molar-refractivity contribution in [3.05, 3.63) is 0 Å². The Kier molecular flexibility index (Phi) is 14.9. The Hall–Kier alpha value is -0.540. The number of hydrogen-bond donors (Lipinski definition) is 0. The van der Waals surface area contributed by atoms with E-state index in [1.54, 1.807) is 6.92 Å². The standard InChI is InChI=1S/C8H13F3O2.C7H13IO2/c1-3-4-5-7(8(9,10)11)13-6(2)12;1-3-4-7(8)5-10-6(2)9/h7H,3-5H2,1-2H3;7H,3-5H2,1-2H3. The molecule has 23 heavy (non-hydrogen) atoms. The molecule has 4 nitrogen and oxygen atoms in total. The molecule has 0 aliphatic heterocycles. The molecule has 0 rings (SSSR count). The number of ether oxygens (including phenoxy) is 2. The van der Waals surface area contributed by atoms with Gasteiger partial charge in [0.15, 0.2) is 6.10 Å². The molecule has 0 aliphatic rings. The Labute approximate surface area is 149 Å². The predicted octanol–water partition coefficient (Wildman–Crippen LogP) is 4.82. The minimum absolute atomic E-state index is 0.153. The summed E-state index contributed by atoms with van der Waals surface area (Å²) in [5.74, 6) is -1.07. The van der Waals surface area contributed by atoms with Crippen LogP contribution in [0.3, 0.4) is 0 Å². The average molecular weight is 454 g/mol. The van der Waals surface area contributed by atoms with Gasteiger partial charge in [0.2, 0.25) is 0 Å². The molecule has 0 bridgehead atoms. The van der Waals surface area contributed by atoms with Gasteiger partial charge in [-0.2, -0.15) is 13.2 Å². The van der Waals surface area contributed by atoms with Gasteiger partial charge >= 0.3 is 18.1 Å². The summed E-state index contributed by atoms with van der Waals surface area (Å²) in [6.45, 7) is 6.88. The number of hydrogen-bond acceptors (Lipinski definition) is 4. The molecule has 0 fully saturated rings. The summed E-state index contributed by atoms with van der Waals surface area (Å²) in [6.07, 6.45) is -3.22. The van der Waals surface area contributed by atoms with Crippen molar-refractivity contribution >= 4 is 34.5 Å². The van der Waals surface area contributed by atoms with Gasteiger partial charge in [-0.05, 0) is 19.3 Å². The van der Waals surface area contributed by atoms with Gasteiger partial charge in [-0.1, -0.05) is 49.3 Å². The van der Waals surface area contributed by atoms with E-state index in [0.717, 1.165) is 19.8 Å². The summed E-state index contributed by atoms with van der Waals surface area (Å²) in [4.78, 5) is 20.7. The topological polar surface area (TPSA) is 52.6 Å². The van der Waals surface area contributed by atoms with E-state index < -0.39 is 18.2 Å². The van der Waals surface area contributed by atoms with Gasteiger partial charge in [-0.25, -0.2) is 0 Å². The summed E-state index contributed by atoms with van der Waals surface area (Å²) in [5, 5.41) is 0. The lowest BCUT2D eigenvalue weighted by Gasteiger charge is -2.19. The van der Waals surface area contributed by atoms with Crippen molar-refractivity contribution in [1.29, 1.82) is 0 Å². The predicted molar refractivity (Wildman–Crippen MR) is 90.5 cm³/mol. The van der Waals surface area contributed by atoms with Crippen molar-refractivity contribution in [2.24, 2.45) is 0 Å². The zero-order valence-corrected chi connectivity index (χ0v) is 16.2. The molecule has 2 unspecified atom stereocenters. The van der Waals surface area contributed by atoms with Gasteiger partial charge < -0.3 is 9.47 Å². The lowest BCUT2D eigenvalue weighted by Crippen LogP contribution is -2.33. The molecule has 2 atom stereocenters. The monoisotopic (exact) mass is 454 g/mol. The first-order valence-corrected chi connectivity index (χ1v) is 8.80. The average Bonchev–Trinajstić information content (AvgIpc) is 2.40. The van der Waals surface area contributed by atoms with Crippen LogP contribution in [-0.4, -0.2) is 34.8 Å². The lowest BCUT2D eigenvalue weighted by molar-refractivity contribution is -0.221. The van der Waals surface area contributed by atoms with Gasteiger partial charge in [0, 0.05) is 17.8 Å². The first-order chi connectivity index (χ1) is 10.5. The molecule has 0 radical (unpaired) electrons. The third-order valence-corrected chi connectivity index (χ3v) is 3.54. The largest absolute Gasteiger partial charge is 0.465 e. The van der Waals surface area contributed by atoms with E-state index >= 15 is 0 Å². The van der Waals surface area contributed by atoms with Gasteiger partial charge in [-0.3, -0.25) is 9.59 Å². The van der Waals surface area contributed by atoms with E-state index in [9.17, 15) is 22.8 Å². The van der Waals surface area contributed by atoms with Crippen LogP contribution in [0.2, 0.25) is 0 Å². The van der Waals surface area contributed by atoms with E-state index in [2.05, 4.69) is 34.3 Å². The Morgan fingerprint density at radius 2 is 1.61 bits per heavy atom. The lowest BCUT2D eigenvalue weighted by atomic mass is 10.1. The third-order valence-electron chi connectivity index (χ3n) is 2.56. The number of halogens is 4. The van der Waals surface area contributed by atoms with E-state index in [0.29, 0.717) is 23.4 Å². The van der Waals surface area contributed by atoms with E-state index in [1.807, 2.05) is 0 Å². The molecule has 0 spiro atoms. The van der Waals surface area contributed by atoms with Crippen molar-refractivity contribution < 1.29 is 32.2 Å². The Bertz CT molecular complexity index is 335. The van der Waals surface area contributed by atoms with Gasteiger partial charge in [-0.15, -0.1) is 0 Å². The van der Waals surface area contributed by atoms with Crippen LogP contribution in [0, 0.1) is 0 Å². The Balaban J connectivity index is 0. The summed E-state index contributed by atoms with van der Waals surface area (Å²) in [7, 11) is 0. The summed E-state index contributed by atoms with van der Waals surface area (Å²) in [5.41, 5.74) is 0. The van der Waals surface area contributed by atoms with Crippen molar-refractivity contribution in [2.75, 3.05) is 6.61 Å². The molecular formula is C15H26F3IO4. The van der Waals surface area contributed by atoms with Crippen LogP contribution in [-0.2, 0) is 19.1 Å². The van der Waals surface area contributed by atoms with Crippen LogP contribution in [0.5, 0.6) is 0 Å². The summed E-state index contributed by atoms with van der Waals surface area (Å²) in [6, 6.07) is 0. The van der Waals surface area contributed by atoms with Crippen LogP contribution in [0.25, 0.3) is 0 Å². The van der Waals surface area contributed by atoms with E-state index in [-0.39, 0.29) is 12.4 Å². The molecule has 0 amide bonds. The summed E-state index contributed by atoms with van der Waals surface area (Å²) >= 11 is 2.30. The zero-order chi connectivity index (χ0) is 18.5. The molecular weight excluding hydrogens is 428 g/mol. The first-order valence-electron chi connectivity index (χ1n) is 7.55. The fraction of sp³-hybridized carbons (Fsp3) is 0.867. The molecule has 0 saturated carbocycles. The van der Waals surface area contributed by atoms with E-state index in [4.69, 9.17) is 4.74 Å². The maximum absolute atomic E-state index is 12.1.